The summed E-state index contributed by atoms with van der Waals surface area (Å²) in [5.41, 5.74) is 1.77. The van der Waals surface area contributed by atoms with Crippen LogP contribution in [0.1, 0.15) is 39.4 Å². The zero-order valence-corrected chi connectivity index (χ0v) is 20.3. The highest BCUT2D eigenvalue weighted by molar-refractivity contribution is 7.99. The summed E-state index contributed by atoms with van der Waals surface area (Å²) < 4.78 is 27.5. The predicted octanol–water partition coefficient (Wildman–Crippen LogP) is 3.43. The molecule has 0 radical (unpaired) electrons. The number of sulfonamides is 1. The average molecular weight is 482 g/mol. The highest BCUT2D eigenvalue weighted by Gasteiger charge is 2.31. The summed E-state index contributed by atoms with van der Waals surface area (Å²) >= 11 is 2.83. The molecule has 2 amide bonds. The molecule has 10 heteroatoms. The molecular weight excluding hydrogens is 454 g/mol. The molecule has 0 saturated carbocycles. The molecule has 1 fully saturated rings. The number of carbonyl (C=O) groups excluding carboxylic acids is 2. The minimum absolute atomic E-state index is 0.0456. The molecule has 0 aliphatic carbocycles. The Morgan fingerprint density at radius 2 is 1.84 bits per heavy atom. The number of anilines is 1. The fraction of sp³-hybridized carbons (Fsp3) is 0.429. The van der Waals surface area contributed by atoms with Gasteiger partial charge in [0.05, 0.1) is 0 Å². The van der Waals surface area contributed by atoms with Crippen molar-refractivity contribution in [3.8, 4) is 0 Å². The van der Waals surface area contributed by atoms with E-state index < -0.39 is 15.9 Å². The largest absolute Gasteiger partial charge is 0.352 e. The number of nitrogens with one attached hydrogen (secondary N) is 2. The predicted molar refractivity (Wildman–Crippen MR) is 127 cm³/mol. The average Bonchev–Trinajstić information content (AvgIpc) is 3.25. The standard InChI is InChI=1S/C21H27N3O4S3/c1-14(2)13-22-20(25)16-4-5-17(15(3)12-16)23-21(26)19-18(6-9-30-19)31(27,28)24-7-10-29-11-8-24/h4-6,9,12,14H,7-8,10-11,13H2,1-3H3,(H,22,25)(H,23,26). The first kappa shape index (κ1) is 23.8. The fourth-order valence-electron chi connectivity index (χ4n) is 3.12. The summed E-state index contributed by atoms with van der Waals surface area (Å²) in [6.45, 7) is 7.32. The van der Waals surface area contributed by atoms with Crippen LogP contribution in [0.25, 0.3) is 0 Å². The summed E-state index contributed by atoms with van der Waals surface area (Å²) in [5, 5.41) is 7.28. The van der Waals surface area contributed by atoms with Crippen molar-refractivity contribution in [3.05, 3.63) is 45.6 Å². The van der Waals surface area contributed by atoms with Crippen LogP contribution in [-0.4, -0.2) is 55.7 Å². The van der Waals surface area contributed by atoms with Gasteiger partial charge in [0.2, 0.25) is 10.0 Å². The molecule has 7 nitrogen and oxygen atoms in total. The third-order valence-corrected chi connectivity index (χ3v) is 8.76. The number of thioether (sulfide) groups is 1. The van der Waals surface area contributed by atoms with E-state index in [0.29, 0.717) is 36.8 Å². The Labute approximate surface area is 191 Å². The Hall–Kier alpha value is -1.88. The topological polar surface area (TPSA) is 95.6 Å². The highest BCUT2D eigenvalue weighted by Crippen LogP contribution is 2.28. The van der Waals surface area contributed by atoms with Gasteiger partial charge in [0.15, 0.2) is 0 Å². The van der Waals surface area contributed by atoms with E-state index in [2.05, 4.69) is 10.6 Å². The number of carbonyl (C=O) groups is 2. The zero-order valence-electron chi connectivity index (χ0n) is 17.8. The quantitative estimate of drug-likeness (QED) is 0.632. The lowest BCUT2D eigenvalue weighted by molar-refractivity contribution is 0.0948. The van der Waals surface area contributed by atoms with Gasteiger partial charge < -0.3 is 10.6 Å². The molecule has 31 heavy (non-hydrogen) atoms. The number of aryl methyl sites for hydroxylation is 1. The van der Waals surface area contributed by atoms with Crippen LogP contribution >= 0.6 is 23.1 Å². The normalized spacial score (nSPS) is 15.1. The van der Waals surface area contributed by atoms with E-state index in [9.17, 15) is 18.0 Å². The van der Waals surface area contributed by atoms with Gasteiger partial charge >= 0.3 is 0 Å². The lowest BCUT2D eigenvalue weighted by atomic mass is 10.1. The Kier molecular flexibility index (Phi) is 7.79. The van der Waals surface area contributed by atoms with Gasteiger partial charge in [-0.25, -0.2) is 8.42 Å². The van der Waals surface area contributed by atoms with Crippen LogP contribution < -0.4 is 10.6 Å². The third kappa shape index (κ3) is 5.68. The van der Waals surface area contributed by atoms with Crippen LogP contribution in [0.2, 0.25) is 0 Å². The summed E-state index contributed by atoms with van der Waals surface area (Å²) in [7, 11) is -3.71. The minimum atomic E-state index is -3.71. The molecule has 0 spiro atoms. The second-order valence-electron chi connectivity index (χ2n) is 7.72. The molecule has 0 atom stereocenters. The van der Waals surface area contributed by atoms with E-state index in [-0.39, 0.29) is 15.7 Å². The second-order valence-corrected chi connectivity index (χ2v) is 11.8. The molecule has 2 N–H and O–H groups in total. The van der Waals surface area contributed by atoms with Crippen LogP contribution in [0.15, 0.2) is 34.5 Å². The van der Waals surface area contributed by atoms with Crippen LogP contribution in [0.5, 0.6) is 0 Å². The Balaban J connectivity index is 1.76. The van der Waals surface area contributed by atoms with Crippen molar-refractivity contribution in [2.45, 2.75) is 25.7 Å². The monoisotopic (exact) mass is 481 g/mol. The van der Waals surface area contributed by atoms with Crippen LogP contribution in [0, 0.1) is 12.8 Å². The van der Waals surface area contributed by atoms with Gasteiger partial charge in [0, 0.05) is 42.4 Å². The lowest BCUT2D eigenvalue weighted by Crippen LogP contribution is -2.38. The number of nitrogens with zero attached hydrogens (tertiary/aromatic N) is 1. The molecule has 1 aliphatic rings. The zero-order chi connectivity index (χ0) is 22.6. The number of amides is 2. The maximum absolute atomic E-state index is 13.0. The van der Waals surface area contributed by atoms with Crippen molar-refractivity contribution >= 4 is 50.6 Å². The summed E-state index contributed by atoms with van der Waals surface area (Å²) in [6.07, 6.45) is 0. The van der Waals surface area contributed by atoms with Gasteiger partial charge in [-0.1, -0.05) is 13.8 Å². The molecular formula is C21H27N3O4S3. The molecule has 1 aliphatic heterocycles. The maximum atomic E-state index is 13.0. The molecule has 2 aromatic rings. The Bertz CT molecular complexity index is 1060. The van der Waals surface area contributed by atoms with Crippen molar-refractivity contribution in [2.75, 3.05) is 36.5 Å². The second kappa shape index (κ2) is 10.2. The molecule has 1 aromatic heterocycles. The van der Waals surface area contributed by atoms with Gasteiger partial charge in [-0.3, -0.25) is 9.59 Å². The number of rotatable bonds is 7. The summed E-state index contributed by atoms with van der Waals surface area (Å²) in [4.78, 5) is 25.4. The Morgan fingerprint density at radius 3 is 2.48 bits per heavy atom. The third-order valence-electron chi connectivity index (χ3n) is 4.83. The van der Waals surface area contributed by atoms with Gasteiger partial charge in [-0.2, -0.15) is 16.1 Å². The first-order valence-corrected chi connectivity index (χ1v) is 13.5. The fourth-order valence-corrected chi connectivity index (χ4v) is 6.99. The number of thiophene rings is 1. The first-order chi connectivity index (χ1) is 14.7. The van der Waals surface area contributed by atoms with E-state index >= 15 is 0 Å². The summed E-state index contributed by atoms with van der Waals surface area (Å²) in [6, 6.07) is 6.52. The van der Waals surface area contributed by atoms with Crippen LogP contribution in [0.4, 0.5) is 5.69 Å². The molecule has 1 saturated heterocycles. The SMILES string of the molecule is Cc1cc(C(=O)NCC(C)C)ccc1NC(=O)c1sccc1S(=O)(=O)N1CCSCC1. The molecule has 2 heterocycles. The summed E-state index contributed by atoms with van der Waals surface area (Å²) in [5.74, 6) is 1.21. The number of hydrogen-bond donors (Lipinski definition) is 2. The van der Waals surface area contributed by atoms with Crippen molar-refractivity contribution in [2.24, 2.45) is 5.92 Å². The minimum Gasteiger partial charge on any atom is -0.352 e. The number of benzene rings is 1. The maximum Gasteiger partial charge on any atom is 0.267 e. The van der Waals surface area contributed by atoms with Crippen molar-refractivity contribution < 1.29 is 18.0 Å². The molecule has 168 valence electrons. The van der Waals surface area contributed by atoms with Crippen LogP contribution in [-0.2, 0) is 10.0 Å². The molecule has 0 unspecified atom stereocenters. The van der Waals surface area contributed by atoms with Crippen molar-refractivity contribution in [1.82, 2.24) is 9.62 Å². The van der Waals surface area contributed by atoms with Gasteiger partial charge in [-0.05, 0) is 48.1 Å². The van der Waals surface area contributed by atoms with E-state index in [1.807, 2.05) is 13.8 Å². The van der Waals surface area contributed by atoms with E-state index in [0.717, 1.165) is 28.4 Å². The lowest BCUT2D eigenvalue weighted by Gasteiger charge is -2.25. The van der Waals surface area contributed by atoms with E-state index in [1.165, 1.54) is 10.4 Å². The van der Waals surface area contributed by atoms with Gasteiger partial charge in [-0.15, -0.1) is 11.3 Å². The molecule has 0 bridgehead atoms. The van der Waals surface area contributed by atoms with Gasteiger partial charge in [0.25, 0.3) is 11.8 Å². The number of hydrogen-bond acceptors (Lipinski definition) is 6. The van der Waals surface area contributed by atoms with Crippen LogP contribution in [0.3, 0.4) is 0 Å². The molecule has 1 aromatic carbocycles. The van der Waals surface area contributed by atoms with E-state index in [4.69, 9.17) is 0 Å². The smallest absolute Gasteiger partial charge is 0.267 e. The van der Waals surface area contributed by atoms with Gasteiger partial charge in [0.1, 0.15) is 9.77 Å². The van der Waals surface area contributed by atoms with E-state index in [1.54, 1.807) is 42.3 Å². The Morgan fingerprint density at radius 1 is 1.13 bits per heavy atom. The van der Waals surface area contributed by atoms with Crippen molar-refractivity contribution in [3.63, 3.8) is 0 Å². The molecule has 3 rings (SSSR count). The highest BCUT2D eigenvalue weighted by atomic mass is 32.2. The van der Waals surface area contributed by atoms with Crippen molar-refractivity contribution in [1.29, 1.82) is 0 Å². The first-order valence-electron chi connectivity index (χ1n) is 10.1.